The zero-order valence-corrected chi connectivity index (χ0v) is 23.8. The predicted octanol–water partition coefficient (Wildman–Crippen LogP) is -1.69. The highest BCUT2D eigenvalue weighted by atomic mass is 32.2. The Morgan fingerprint density at radius 1 is 1.40 bits per heavy atom. The average Bonchev–Trinajstić information content (AvgIpc) is 3.32. The molecule has 0 radical (unpaired) electrons. The summed E-state index contributed by atoms with van der Waals surface area (Å²) in [7, 11) is 1.77. The molecule has 6 N–H and O–H groups in total. The van der Waals surface area contributed by atoms with Crippen LogP contribution in [0.1, 0.15) is 18.7 Å². The van der Waals surface area contributed by atoms with E-state index in [1.54, 1.807) is 23.9 Å². The van der Waals surface area contributed by atoms with Crippen molar-refractivity contribution in [2.75, 3.05) is 23.0 Å². The van der Waals surface area contributed by atoms with Gasteiger partial charge >= 0.3 is 11.1 Å². The van der Waals surface area contributed by atoms with Crippen molar-refractivity contribution in [3.8, 4) is 0 Å². The van der Waals surface area contributed by atoms with Gasteiger partial charge in [-0.1, -0.05) is 16.5 Å². The van der Waals surface area contributed by atoms with Crippen molar-refractivity contribution in [1.82, 2.24) is 20.2 Å². The molecule has 2 aromatic rings. The van der Waals surface area contributed by atoms with E-state index in [9.17, 15) is 29.4 Å². The molecule has 2 unspecified atom stereocenters. The summed E-state index contributed by atoms with van der Waals surface area (Å²) in [4.78, 5) is 64.2. The molecule has 1 fully saturated rings. The van der Waals surface area contributed by atoms with Gasteiger partial charge in [0.2, 0.25) is 11.4 Å². The highest BCUT2D eigenvalue weighted by molar-refractivity contribution is 8.01. The van der Waals surface area contributed by atoms with Crippen molar-refractivity contribution in [2.45, 2.75) is 36.0 Å². The van der Waals surface area contributed by atoms with Crippen molar-refractivity contribution in [2.24, 2.45) is 12.2 Å². The zero-order valence-electron chi connectivity index (χ0n) is 21.3. The van der Waals surface area contributed by atoms with Gasteiger partial charge in [0.1, 0.15) is 11.4 Å². The van der Waals surface area contributed by atoms with Crippen molar-refractivity contribution in [3.63, 3.8) is 0 Å². The maximum Gasteiger partial charge on any atom is 0.361 e. The summed E-state index contributed by atoms with van der Waals surface area (Å²) in [6.07, 6.45) is 2.98. The number of nitrogen functional groups attached to an aromatic ring is 2. The second-order valence-electron chi connectivity index (χ2n) is 9.04. The smallest absolute Gasteiger partial charge is 0.361 e. The SMILES string of the molecule is C[n+]1ccc(N)nc1SCC1=C(C(=O)[O-])N2C(=O)C(NC(=O)/C(=N\OC(C)(C)C(=O)O)c3cnc(N)s3)C2SC1. The highest BCUT2D eigenvalue weighted by Crippen LogP contribution is 2.41. The Bertz CT molecular complexity index is 1460. The number of carbonyl (C=O) groups excluding carboxylic acids is 3. The van der Waals surface area contributed by atoms with Crippen LogP contribution in [0, 0.1) is 0 Å². The summed E-state index contributed by atoms with van der Waals surface area (Å²) in [6.45, 7) is 2.49. The molecule has 2 aromatic heterocycles. The van der Waals surface area contributed by atoms with Crippen molar-refractivity contribution < 1.29 is 38.8 Å². The van der Waals surface area contributed by atoms with Crippen LogP contribution in [-0.2, 0) is 31.1 Å². The van der Waals surface area contributed by atoms with E-state index < -0.39 is 40.8 Å². The second-order valence-corrected chi connectivity index (χ2v) is 12.2. The number of nitrogens with zero attached hydrogens (tertiary/aromatic N) is 5. The molecule has 0 aliphatic carbocycles. The van der Waals surface area contributed by atoms with Gasteiger partial charge in [-0.05, 0) is 36.2 Å². The van der Waals surface area contributed by atoms with E-state index in [1.807, 2.05) is 0 Å². The van der Waals surface area contributed by atoms with Gasteiger partial charge in [0.25, 0.3) is 11.8 Å². The second kappa shape index (κ2) is 11.3. The van der Waals surface area contributed by atoms with E-state index in [-0.39, 0.29) is 32.9 Å². The average molecular weight is 609 g/mol. The number of hydrogen-bond acceptors (Lipinski definition) is 14. The number of thiazole rings is 1. The molecule has 2 aliphatic rings. The maximum absolute atomic E-state index is 13.2. The number of carboxylic acid groups (broad SMARTS) is 2. The number of nitrogens with two attached hydrogens (primary N) is 2. The maximum atomic E-state index is 13.2. The predicted molar refractivity (Wildman–Crippen MR) is 143 cm³/mol. The number of β-lactam (4-membered cyclic amide) rings is 1. The number of fused-ring (bicyclic) bond motifs is 1. The van der Waals surface area contributed by atoms with E-state index in [2.05, 4.69) is 20.4 Å². The number of aryl methyl sites for hydroxylation is 1. The summed E-state index contributed by atoms with van der Waals surface area (Å²) in [5, 5.41) is 27.6. The quantitative estimate of drug-likeness (QED) is 0.0590. The fourth-order valence-corrected chi connectivity index (χ4v) is 6.67. The number of nitrogens with one attached hydrogen (secondary N) is 1. The molecule has 4 rings (SSSR count). The van der Waals surface area contributed by atoms with Gasteiger partial charge in [-0.25, -0.2) is 14.3 Å². The lowest BCUT2D eigenvalue weighted by molar-refractivity contribution is -0.713. The molecule has 18 heteroatoms. The minimum absolute atomic E-state index is 0.123. The number of carbonyl (C=O) groups is 4. The number of hydrogen-bond donors (Lipinski definition) is 4. The fraction of sp³-hybridized carbons (Fsp3) is 0.364. The Kier molecular flexibility index (Phi) is 8.22. The van der Waals surface area contributed by atoms with Gasteiger partial charge in [-0.15, -0.1) is 11.8 Å². The minimum Gasteiger partial charge on any atom is -0.543 e. The van der Waals surface area contributed by atoms with Gasteiger partial charge in [-0.2, -0.15) is 0 Å². The van der Waals surface area contributed by atoms with E-state index in [1.165, 1.54) is 43.6 Å². The number of thioether (sulfide) groups is 2. The van der Waals surface area contributed by atoms with Crippen molar-refractivity contribution in [3.05, 3.63) is 34.6 Å². The minimum atomic E-state index is -1.76. The molecular weight excluding hydrogens is 584 g/mol. The molecule has 0 bridgehead atoms. The van der Waals surface area contributed by atoms with Crippen LogP contribution in [0.25, 0.3) is 0 Å². The third-order valence-corrected chi connectivity index (χ3v) is 9.05. The molecule has 2 atom stereocenters. The molecule has 15 nitrogen and oxygen atoms in total. The largest absolute Gasteiger partial charge is 0.543 e. The standard InChI is InChI=1S/C22H24N8O7S3/c1-22(2,19(35)36)37-28-12(10-6-25-20(24)40-10)15(31)27-13-16(32)30-14(18(33)34)9(7-38-17(13)30)8-39-21-26-11(23)4-5-29(21)3/h4-6,13,17,23H,7-8H2,1-3H3,(H5,24,25,27,28,31,33,34,35,36). The van der Waals surface area contributed by atoms with Crippen LogP contribution in [0.4, 0.5) is 10.9 Å². The topological polar surface area (TPSA) is 230 Å². The van der Waals surface area contributed by atoms with Gasteiger partial charge < -0.3 is 36.6 Å². The summed E-state index contributed by atoms with van der Waals surface area (Å²) < 4.78 is 1.73. The first-order chi connectivity index (χ1) is 18.8. The van der Waals surface area contributed by atoms with Gasteiger partial charge in [-0.3, -0.25) is 14.5 Å². The first-order valence-corrected chi connectivity index (χ1v) is 14.3. The first kappa shape index (κ1) is 29.1. The summed E-state index contributed by atoms with van der Waals surface area (Å²) in [6, 6.07) is 0.543. The molecule has 1 saturated heterocycles. The lowest BCUT2D eigenvalue weighted by Crippen LogP contribution is -2.71. The molecule has 0 spiro atoms. The third-order valence-electron chi connectivity index (χ3n) is 5.75. The highest BCUT2D eigenvalue weighted by Gasteiger charge is 2.53. The van der Waals surface area contributed by atoms with Gasteiger partial charge in [0.05, 0.1) is 29.8 Å². The number of rotatable bonds is 10. The zero-order chi connectivity index (χ0) is 29.4. The Labute approximate surface area is 239 Å². The van der Waals surface area contributed by atoms with Crippen LogP contribution in [0.2, 0.25) is 0 Å². The van der Waals surface area contributed by atoms with Crippen LogP contribution in [0.3, 0.4) is 0 Å². The van der Waals surface area contributed by atoms with Crippen molar-refractivity contribution in [1.29, 1.82) is 0 Å². The monoisotopic (exact) mass is 608 g/mol. The molecule has 2 amide bonds. The normalized spacial score (nSPS) is 19.1. The molecule has 0 aromatic carbocycles. The van der Waals surface area contributed by atoms with Crippen LogP contribution in [-0.4, -0.2) is 78.0 Å². The Hall–Kier alpha value is -3.90. The van der Waals surface area contributed by atoms with E-state index in [0.717, 1.165) is 16.2 Å². The Morgan fingerprint density at radius 2 is 2.12 bits per heavy atom. The summed E-state index contributed by atoms with van der Waals surface area (Å²) in [5.74, 6) is -3.57. The first-order valence-electron chi connectivity index (χ1n) is 11.4. The van der Waals surface area contributed by atoms with Crippen LogP contribution in [0.5, 0.6) is 0 Å². The van der Waals surface area contributed by atoms with Gasteiger partial charge in [0.15, 0.2) is 10.8 Å². The van der Waals surface area contributed by atoms with Crippen LogP contribution in [0.15, 0.2) is 40.0 Å². The third kappa shape index (κ3) is 5.82. The molecule has 212 valence electrons. The molecule has 0 saturated carbocycles. The summed E-state index contributed by atoms with van der Waals surface area (Å²) >= 11 is 3.43. The molecular formula is C22H24N8O7S3. The van der Waals surface area contributed by atoms with Crippen molar-refractivity contribution >= 4 is 75.3 Å². The lowest BCUT2D eigenvalue weighted by atomic mass is 10.0. The summed E-state index contributed by atoms with van der Waals surface area (Å²) in [5.41, 5.74) is 9.52. The van der Waals surface area contributed by atoms with Crippen LogP contribution < -0.4 is 26.5 Å². The van der Waals surface area contributed by atoms with Crippen LogP contribution >= 0.6 is 34.9 Å². The number of amides is 2. The molecule has 40 heavy (non-hydrogen) atoms. The Morgan fingerprint density at radius 3 is 2.75 bits per heavy atom. The van der Waals surface area contributed by atoms with E-state index >= 15 is 0 Å². The van der Waals surface area contributed by atoms with E-state index in [4.69, 9.17) is 16.3 Å². The molecule has 2 aliphatic heterocycles. The van der Waals surface area contributed by atoms with E-state index in [0.29, 0.717) is 16.5 Å². The molecule has 4 heterocycles. The number of oxime groups is 1. The van der Waals surface area contributed by atoms with Gasteiger partial charge in [0, 0.05) is 23.8 Å². The number of aromatic nitrogens is 3. The lowest BCUT2D eigenvalue weighted by Gasteiger charge is -2.50. The number of anilines is 2. The number of aliphatic carboxylic acids is 2. The fourth-order valence-electron chi connectivity index (χ4n) is 3.55. The Balaban J connectivity index is 1.53. The number of carboxylic acids is 2.